The highest BCUT2D eigenvalue weighted by atomic mass is 28.4. The zero-order valence-corrected chi connectivity index (χ0v) is 44.0. The molecule has 11 aromatic carbocycles. The highest BCUT2D eigenvalue weighted by molar-refractivity contribution is 6.75. The van der Waals surface area contributed by atoms with Crippen LogP contribution in [0.2, 0.25) is 36.3 Å². The van der Waals surface area contributed by atoms with E-state index in [1.807, 2.05) is 12.4 Å². The molecule has 0 aliphatic rings. The largest absolute Gasteiger partial charge is 0.541 e. The summed E-state index contributed by atoms with van der Waals surface area (Å²) in [4.78, 5) is 10.1. The van der Waals surface area contributed by atoms with Gasteiger partial charge in [0.05, 0.1) is 11.4 Å². The minimum Gasteiger partial charge on any atom is -0.541 e. The number of nitrogens with zero attached hydrogens (tertiary/aromatic N) is 2. The molecule has 4 nitrogen and oxygen atoms in total. The molecule has 0 saturated heterocycles. The third-order valence-electron chi connectivity index (χ3n) is 15.6. The number of benzene rings is 11. The number of rotatable bonds is 10. The van der Waals surface area contributed by atoms with Gasteiger partial charge in [0.1, 0.15) is 11.5 Å². The fourth-order valence-corrected chi connectivity index (χ4v) is 11.6. The topological polar surface area (TPSA) is 43.2 Å². The number of hydrogen-bond donors (Lipinski definition) is 0. The van der Waals surface area contributed by atoms with Gasteiger partial charge in [0.2, 0.25) is 0 Å². The quantitative estimate of drug-likeness (QED) is 0.0779. The molecule has 0 unspecified atom stereocenters. The molecule has 0 atom stereocenters. The Hall–Kier alpha value is -7.13. The third-order valence-corrected chi connectivity index (χ3v) is 24.3. The normalized spacial score (nSPS) is 13.2. The van der Waals surface area contributed by atoms with Crippen molar-refractivity contribution in [3.63, 3.8) is 0 Å². The summed E-state index contributed by atoms with van der Waals surface area (Å²) in [6.07, 6.45) is 4.03. The Morgan fingerprint density at radius 1 is 0.371 bits per heavy atom. The van der Waals surface area contributed by atoms with Crippen molar-refractivity contribution >= 4 is 105 Å². The Bertz CT molecular complexity index is 3550. The lowest BCUT2D eigenvalue weighted by atomic mass is 9.92. The molecule has 0 saturated carbocycles. The van der Waals surface area contributed by atoms with Crippen LogP contribution in [0.5, 0.6) is 11.5 Å². The lowest BCUT2D eigenvalue weighted by molar-refractivity contribution is 0.441. The molecule has 0 bridgehead atoms. The molecule has 0 aromatic heterocycles. The maximum absolute atomic E-state index is 7.25. The average molecular weight is 945 g/mol. The Balaban J connectivity index is 0.980. The predicted octanol–water partition coefficient (Wildman–Crippen LogP) is 19.1. The van der Waals surface area contributed by atoms with Gasteiger partial charge in [0, 0.05) is 23.6 Å². The van der Waals surface area contributed by atoms with E-state index in [0.717, 1.165) is 56.3 Å². The Kier molecular flexibility index (Phi) is 10.9. The van der Waals surface area contributed by atoms with Crippen molar-refractivity contribution < 1.29 is 8.85 Å². The van der Waals surface area contributed by atoms with Crippen molar-refractivity contribution in [3.8, 4) is 33.8 Å². The van der Waals surface area contributed by atoms with Crippen LogP contribution in [0.1, 0.15) is 52.7 Å². The second-order valence-electron chi connectivity index (χ2n) is 22.2. The standard InChI is InChI=1S/C64H60N2O2Si2/c1-63(2,3)69(7,8)67-57-37-55(41-25-31-51(32-26-41)65-39-49-23-21-47-19-17-43-13-11-15-45-29-35-53(49)61(47)59(43)45)56(38-58(57)68-70(9,10)64(4,5)6)42-27-33-52(34-28-42)66-40-50-24-22-48-20-18-44-14-12-16-46-30-36-54(50)62(48)60(44)46/h11-40H,1-10H3. The molecular weight excluding hydrogens is 885 g/mol. The van der Waals surface area contributed by atoms with Crippen LogP contribution in [0.25, 0.3) is 86.9 Å². The molecule has 6 heteroatoms. The lowest BCUT2D eigenvalue weighted by Crippen LogP contribution is -2.45. The van der Waals surface area contributed by atoms with Crippen molar-refractivity contribution in [2.75, 3.05) is 0 Å². The fourth-order valence-electron chi connectivity index (χ4n) is 9.54. The van der Waals surface area contributed by atoms with Crippen molar-refractivity contribution in [1.29, 1.82) is 0 Å². The first kappa shape index (κ1) is 45.3. The van der Waals surface area contributed by atoms with E-state index < -0.39 is 16.6 Å². The first-order valence-electron chi connectivity index (χ1n) is 24.6. The molecule has 0 radical (unpaired) electrons. The average Bonchev–Trinajstić information content (AvgIpc) is 3.34. The summed E-state index contributed by atoms with van der Waals surface area (Å²) < 4.78 is 14.5. The van der Waals surface area contributed by atoms with Crippen LogP contribution in [-0.2, 0) is 0 Å². The van der Waals surface area contributed by atoms with E-state index in [1.54, 1.807) is 0 Å². The van der Waals surface area contributed by atoms with Crippen LogP contribution >= 0.6 is 0 Å². The summed E-state index contributed by atoms with van der Waals surface area (Å²) in [6, 6.07) is 61.5. The zero-order chi connectivity index (χ0) is 48.7. The van der Waals surface area contributed by atoms with Gasteiger partial charge in [-0.05, 0) is 160 Å². The van der Waals surface area contributed by atoms with E-state index in [4.69, 9.17) is 18.8 Å². The van der Waals surface area contributed by atoms with Crippen LogP contribution in [0, 0.1) is 0 Å². The van der Waals surface area contributed by atoms with E-state index >= 15 is 0 Å². The predicted molar refractivity (Wildman–Crippen MR) is 308 cm³/mol. The molecule has 346 valence electrons. The lowest BCUT2D eigenvalue weighted by Gasteiger charge is -2.40. The van der Waals surface area contributed by atoms with Gasteiger partial charge in [0.15, 0.2) is 0 Å². The van der Waals surface area contributed by atoms with Gasteiger partial charge in [-0.25, -0.2) is 0 Å². The van der Waals surface area contributed by atoms with Gasteiger partial charge in [-0.1, -0.05) is 175 Å². The Morgan fingerprint density at radius 3 is 1.03 bits per heavy atom. The maximum atomic E-state index is 7.25. The van der Waals surface area contributed by atoms with Gasteiger partial charge in [0.25, 0.3) is 16.6 Å². The summed E-state index contributed by atoms with van der Waals surface area (Å²) in [5.41, 5.74) is 8.28. The molecule has 70 heavy (non-hydrogen) atoms. The van der Waals surface area contributed by atoms with Crippen molar-refractivity contribution in [2.45, 2.75) is 77.8 Å². The van der Waals surface area contributed by atoms with E-state index in [2.05, 4.69) is 238 Å². The van der Waals surface area contributed by atoms with Gasteiger partial charge in [-0.15, -0.1) is 0 Å². The molecule has 0 spiro atoms. The summed E-state index contributed by atoms with van der Waals surface area (Å²) >= 11 is 0. The highest BCUT2D eigenvalue weighted by Crippen LogP contribution is 2.48. The SMILES string of the molecule is CC(C)(C)[Si](C)(C)Oc1cc(-c2ccc(N=Cc3ccc4ccc5cccc6ccc3c4c56)cc2)c(-c2ccc(N=Cc3ccc4ccc5cccc6ccc3c4c56)cc2)cc1O[Si](C)(C)C(C)(C)C. The monoisotopic (exact) mass is 944 g/mol. The van der Waals surface area contributed by atoms with Crippen molar-refractivity contribution in [1.82, 2.24) is 0 Å². The summed E-state index contributed by atoms with van der Waals surface area (Å²) in [7, 11) is -4.59. The molecule has 0 fully saturated rings. The molecule has 0 amide bonds. The first-order valence-corrected chi connectivity index (χ1v) is 30.4. The summed E-state index contributed by atoms with van der Waals surface area (Å²) in [5, 5.41) is 15.2. The van der Waals surface area contributed by atoms with Crippen molar-refractivity contribution in [2.24, 2.45) is 9.98 Å². The second-order valence-corrected chi connectivity index (χ2v) is 31.7. The van der Waals surface area contributed by atoms with Gasteiger partial charge >= 0.3 is 0 Å². The minimum atomic E-state index is -2.29. The molecule has 0 aliphatic heterocycles. The van der Waals surface area contributed by atoms with Crippen LogP contribution in [-0.4, -0.2) is 29.1 Å². The Labute approximate surface area is 414 Å². The molecule has 11 rings (SSSR count). The van der Waals surface area contributed by atoms with Gasteiger partial charge in [-0.3, -0.25) is 9.98 Å². The van der Waals surface area contributed by atoms with Crippen LogP contribution in [0.3, 0.4) is 0 Å². The second kappa shape index (κ2) is 16.8. The third kappa shape index (κ3) is 8.03. The van der Waals surface area contributed by atoms with Crippen LogP contribution in [0.15, 0.2) is 180 Å². The molecule has 0 N–H and O–H groups in total. The molecule has 0 heterocycles. The maximum Gasteiger partial charge on any atom is 0.250 e. The smallest absolute Gasteiger partial charge is 0.250 e. The summed E-state index contributed by atoms with van der Waals surface area (Å²) in [6.45, 7) is 23.0. The first-order chi connectivity index (χ1) is 33.4. The molecular formula is C64H60N2O2Si2. The fraction of sp³-hybridized carbons (Fsp3) is 0.188. The van der Waals surface area contributed by atoms with Crippen molar-refractivity contribution in [3.05, 3.63) is 181 Å². The highest BCUT2D eigenvalue weighted by Gasteiger charge is 2.42. The van der Waals surface area contributed by atoms with Gasteiger partial charge < -0.3 is 8.85 Å². The zero-order valence-electron chi connectivity index (χ0n) is 42.0. The van der Waals surface area contributed by atoms with Crippen LogP contribution < -0.4 is 8.85 Å². The van der Waals surface area contributed by atoms with E-state index in [1.165, 1.54) is 64.6 Å². The number of aliphatic imine (C=N–C) groups is 2. The Morgan fingerprint density at radius 2 is 0.686 bits per heavy atom. The molecule has 0 aliphatic carbocycles. The van der Waals surface area contributed by atoms with E-state index in [9.17, 15) is 0 Å². The summed E-state index contributed by atoms with van der Waals surface area (Å²) in [5.74, 6) is 1.61. The van der Waals surface area contributed by atoms with Crippen LogP contribution in [0.4, 0.5) is 11.4 Å². The van der Waals surface area contributed by atoms with E-state index in [0.29, 0.717) is 0 Å². The number of hydrogen-bond acceptors (Lipinski definition) is 4. The molecule has 11 aromatic rings. The van der Waals surface area contributed by atoms with E-state index in [-0.39, 0.29) is 10.1 Å². The minimum absolute atomic E-state index is 0.0115. The van der Waals surface area contributed by atoms with Gasteiger partial charge in [-0.2, -0.15) is 0 Å².